The van der Waals surface area contributed by atoms with Crippen molar-refractivity contribution >= 4 is 21.7 Å². The SMILES string of the molecule is CC(C)c1cnc2snc(C(C)C)c2c1. The zero-order valence-electron chi connectivity index (χ0n) is 9.61. The van der Waals surface area contributed by atoms with Crippen LogP contribution in [-0.2, 0) is 0 Å². The second-order valence-corrected chi connectivity index (χ2v) is 5.25. The molecule has 0 radical (unpaired) electrons. The molecule has 0 saturated heterocycles. The lowest BCUT2D eigenvalue weighted by Gasteiger charge is -2.05. The second kappa shape index (κ2) is 3.89. The quantitative estimate of drug-likeness (QED) is 0.766. The van der Waals surface area contributed by atoms with Crippen LogP contribution in [0, 0.1) is 0 Å². The molecular formula is C12H16N2S. The maximum absolute atomic E-state index is 4.47. The monoisotopic (exact) mass is 220 g/mol. The summed E-state index contributed by atoms with van der Waals surface area (Å²) in [6.07, 6.45) is 1.97. The Morgan fingerprint density at radius 3 is 2.47 bits per heavy atom. The Labute approximate surface area is 94.5 Å². The van der Waals surface area contributed by atoms with E-state index in [2.05, 4.69) is 43.1 Å². The Morgan fingerprint density at radius 2 is 1.87 bits per heavy atom. The fourth-order valence-corrected chi connectivity index (χ4v) is 2.45. The van der Waals surface area contributed by atoms with Gasteiger partial charge in [-0.3, -0.25) is 0 Å². The summed E-state index contributed by atoms with van der Waals surface area (Å²) < 4.78 is 4.47. The highest BCUT2D eigenvalue weighted by molar-refractivity contribution is 7.12. The average Bonchev–Trinajstić information content (AvgIpc) is 2.59. The molecule has 0 saturated carbocycles. The highest BCUT2D eigenvalue weighted by Gasteiger charge is 2.11. The van der Waals surface area contributed by atoms with Gasteiger partial charge < -0.3 is 0 Å². The first-order chi connectivity index (χ1) is 7.09. The zero-order valence-corrected chi connectivity index (χ0v) is 10.4. The van der Waals surface area contributed by atoms with Gasteiger partial charge in [0.05, 0.1) is 5.69 Å². The molecule has 0 aromatic carbocycles. The molecule has 0 spiro atoms. The van der Waals surface area contributed by atoms with Gasteiger partial charge in [0.15, 0.2) is 0 Å². The van der Waals surface area contributed by atoms with Gasteiger partial charge in [-0.05, 0) is 35.0 Å². The van der Waals surface area contributed by atoms with E-state index in [1.807, 2.05) is 6.20 Å². The molecule has 0 amide bonds. The van der Waals surface area contributed by atoms with E-state index in [1.165, 1.54) is 28.2 Å². The van der Waals surface area contributed by atoms with Crippen LogP contribution in [0.5, 0.6) is 0 Å². The fraction of sp³-hybridized carbons (Fsp3) is 0.500. The molecule has 80 valence electrons. The highest BCUT2D eigenvalue weighted by atomic mass is 32.1. The van der Waals surface area contributed by atoms with Crippen molar-refractivity contribution in [2.24, 2.45) is 0 Å². The molecule has 0 N–H and O–H groups in total. The first-order valence-corrected chi connectivity index (χ1v) is 6.12. The maximum Gasteiger partial charge on any atom is 0.143 e. The van der Waals surface area contributed by atoms with Gasteiger partial charge in [-0.1, -0.05) is 27.7 Å². The van der Waals surface area contributed by atoms with E-state index in [1.54, 1.807) is 0 Å². The van der Waals surface area contributed by atoms with Crippen LogP contribution in [0.25, 0.3) is 10.2 Å². The fourth-order valence-electron chi connectivity index (χ4n) is 1.60. The number of pyridine rings is 1. The summed E-state index contributed by atoms with van der Waals surface area (Å²) in [5.41, 5.74) is 2.48. The number of fused-ring (bicyclic) bond motifs is 1. The lowest BCUT2D eigenvalue weighted by atomic mass is 10.0. The molecule has 3 heteroatoms. The number of hydrogen-bond acceptors (Lipinski definition) is 3. The minimum atomic E-state index is 0.475. The number of aromatic nitrogens is 2. The van der Waals surface area contributed by atoms with E-state index in [9.17, 15) is 0 Å². The van der Waals surface area contributed by atoms with Gasteiger partial charge in [0.25, 0.3) is 0 Å². The highest BCUT2D eigenvalue weighted by Crippen LogP contribution is 2.28. The average molecular weight is 220 g/mol. The van der Waals surface area contributed by atoms with Gasteiger partial charge in [0.2, 0.25) is 0 Å². The van der Waals surface area contributed by atoms with Crippen LogP contribution in [0.4, 0.5) is 0 Å². The molecule has 2 rings (SSSR count). The minimum absolute atomic E-state index is 0.475. The van der Waals surface area contributed by atoms with E-state index in [0.29, 0.717) is 11.8 Å². The molecule has 0 atom stereocenters. The molecule has 2 heterocycles. The van der Waals surface area contributed by atoms with Crippen molar-refractivity contribution in [2.75, 3.05) is 0 Å². The van der Waals surface area contributed by atoms with Crippen molar-refractivity contribution < 1.29 is 0 Å². The van der Waals surface area contributed by atoms with Crippen LogP contribution in [-0.4, -0.2) is 9.36 Å². The zero-order chi connectivity index (χ0) is 11.0. The summed E-state index contributed by atoms with van der Waals surface area (Å²) >= 11 is 1.50. The van der Waals surface area contributed by atoms with Gasteiger partial charge in [0.1, 0.15) is 4.83 Å². The van der Waals surface area contributed by atoms with E-state index in [0.717, 1.165) is 4.83 Å². The third-order valence-corrected chi connectivity index (χ3v) is 3.38. The minimum Gasteiger partial charge on any atom is -0.243 e. The van der Waals surface area contributed by atoms with E-state index >= 15 is 0 Å². The van der Waals surface area contributed by atoms with Crippen molar-refractivity contribution in [3.63, 3.8) is 0 Å². The van der Waals surface area contributed by atoms with Crippen LogP contribution in [0.15, 0.2) is 12.3 Å². The normalized spacial score (nSPS) is 11.9. The summed E-state index contributed by atoms with van der Waals surface area (Å²) in [5, 5.41) is 1.24. The molecule has 0 aliphatic carbocycles. The van der Waals surface area contributed by atoms with Crippen LogP contribution in [0.1, 0.15) is 50.8 Å². The van der Waals surface area contributed by atoms with Crippen molar-refractivity contribution in [1.82, 2.24) is 9.36 Å². The number of rotatable bonds is 2. The summed E-state index contributed by atoms with van der Waals surface area (Å²) in [6.45, 7) is 8.74. The smallest absolute Gasteiger partial charge is 0.143 e. The summed E-state index contributed by atoms with van der Waals surface area (Å²) in [4.78, 5) is 5.52. The van der Waals surface area contributed by atoms with Crippen LogP contribution in [0.2, 0.25) is 0 Å². The molecule has 2 aromatic heterocycles. The van der Waals surface area contributed by atoms with Crippen LogP contribution in [0.3, 0.4) is 0 Å². The van der Waals surface area contributed by atoms with Crippen LogP contribution >= 0.6 is 11.5 Å². The number of hydrogen-bond donors (Lipinski definition) is 0. The van der Waals surface area contributed by atoms with Gasteiger partial charge in [-0.15, -0.1) is 0 Å². The molecule has 0 unspecified atom stereocenters. The van der Waals surface area contributed by atoms with Gasteiger partial charge in [-0.2, -0.15) is 4.37 Å². The van der Waals surface area contributed by atoms with Gasteiger partial charge in [-0.25, -0.2) is 4.98 Å². The van der Waals surface area contributed by atoms with Crippen LogP contribution < -0.4 is 0 Å². The third-order valence-electron chi connectivity index (χ3n) is 2.59. The molecule has 2 aromatic rings. The van der Waals surface area contributed by atoms with E-state index < -0.39 is 0 Å². The standard InChI is InChI=1S/C12H16N2S/c1-7(2)9-5-10-11(8(3)4)14-15-12(10)13-6-9/h5-8H,1-4H3. The second-order valence-electron chi connectivity index (χ2n) is 4.50. The largest absolute Gasteiger partial charge is 0.243 e. The molecule has 0 fully saturated rings. The van der Waals surface area contributed by atoms with E-state index in [-0.39, 0.29) is 0 Å². The summed E-state index contributed by atoms with van der Waals surface area (Å²) in [5.74, 6) is 1.00. The molecule has 0 bridgehead atoms. The Hall–Kier alpha value is -0.960. The molecular weight excluding hydrogens is 204 g/mol. The van der Waals surface area contributed by atoms with Crippen molar-refractivity contribution in [1.29, 1.82) is 0 Å². The molecule has 15 heavy (non-hydrogen) atoms. The van der Waals surface area contributed by atoms with Crippen molar-refractivity contribution in [2.45, 2.75) is 39.5 Å². The van der Waals surface area contributed by atoms with Crippen molar-refractivity contribution in [3.8, 4) is 0 Å². The third kappa shape index (κ3) is 1.88. The Balaban J connectivity index is 2.61. The van der Waals surface area contributed by atoms with Gasteiger partial charge in [0, 0.05) is 11.6 Å². The summed E-state index contributed by atoms with van der Waals surface area (Å²) in [7, 11) is 0. The lowest BCUT2D eigenvalue weighted by molar-refractivity contribution is 0.844. The first-order valence-electron chi connectivity index (χ1n) is 5.34. The Kier molecular flexibility index (Phi) is 2.74. The van der Waals surface area contributed by atoms with Gasteiger partial charge >= 0.3 is 0 Å². The predicted octanol–water partition coefficient (Wildman–Crippen LogP) is 3.94. The molecule has 0 aliphatic rings. The summed E-state index contributed by atoms with van der Waals surface area (Å²) in [6, 6.07) is 2.24. The molecule has 0 aliphatic heterocycles. The topological polar surface area (TPSA) is 25.8 Å². The Morgan fingerprint density at radius 1 is 1.13 bits per heavy atom. The number of nitrogens with zero attached hydrogens (tertiary/aromatic N) is 2. The maximum atomic E-state index is 4.47. The van der Waals surface area contributed by atoms with Crippen molar-refractivity contribution in [3.05, 3.63) is 23.5 Å². The molecule has 2 nitrogen and oxygen atoms in total. The lowest BCUT2D eigenvalue weighted by Crippen LogP contribution is -1.91. The predicted molar refractivity (Wildman–Crippen MR) is 65.6 cm³/mol. The first kappa shape index (κ1) is 10.6. The Bertz CT molecular complexity index is 471. The van der Waals surface area contributed by atoms with E-state index in [4.69, 9.17) is 0 Å².